The molecule has 1 N–H and O–H groups in total. The van der Waals surface area contributed by atoms with E-state index in [0.29, 0.717) is 5.92 Å². The van der Waals surface area contributed by atoms with Crippen LogP contribution in [0, 0.1) is 0 Å². The topological polar surface area (TPSA) is 47.3 Å². The van der Waals surface area contributed by atoms with Gasteiger partial charge in [0.05, 0.1) is 19.1 Å². The Labute approximate surface area is 160 Å². The van der Waals surface area contributed by atoms with Crippen LogP contribution >= 0.6 is 0 Å². The third-order valence-corrected chi connectivity index (χ3v) is 5.59. The summed E-state index contributed by atoms with van der Waals surface area (Å²) in [5, 5.41) is 3.65. The standard InChI is InChI=1S/C23H26N2O2/c1-4-16-8-9-18(23-22(16)20-10-11-27-14-21(20)25-23)13-24-15(2)17-6-5-7-19(12-17)26-3/h5-7,9-12,14-16,24H,4,8,13H2,1-3H3/t15-,16?/m1/s1. The van der Waals surface area contributed by atoms with Crippen LogP contribution in [0.25, 0.3) is 16.8 Å². The molecular weight excluding hydrogens is 336 g/mol. The van der Waals surface area contributed by atoms with Gasteiger partial charge in [-0.2, -0.15) is 0 Å². The second-order valence-corrected chi connectivity index (χ2v) is 7.18. The van der Waals surface area contributed by atoms with Gasteiger partial charge in [-0.25, -0.2) is 4.98 Å². The largest absolute Gasteiger partial charge is 0.497 e. The molecule has 1 aliphatic carbocycles. The highest BCUT2D eigenvalue weighted by Gasteiger charge is 2.28. The summed E-state index contributed by atoms with van der Waals surface area (Å²) in [4.78, 5) is 4.89. The molecule has 0 amide bonds. The maximum Gasteiger partial charge on any atom is 0.119 e. The molecule has 2 aliphatic heterocycles. The van der Waals surface area contributed by atoms with Gasteiger partial charge in [-0.3, -0.25) is 0 Å². The Bertz CT molecular complexity index is 928. The average molecular weight is 362 g/mol. The number of benzene rings is 1. The third kappa shape index (κ3) is 3.37. The predicted octanol–water partition coefficient (Wildman–Crippen LogP) is 5.42. The molecule has 4 rings (SSSR count). The molecule has 2 atom stereocenters. The van der Waals surface area contributed by atoms with Crippen molar-refractivity contribution in [2.75, 3.05) is 13.7 Å². The Hall–Kier alpha value is -2.59. The molecule has 0 radical (unpaired) electrons. The molecule has 0 saturated heterocycles. The van der Waals surface area contributed by atoms with Crippen molar-refractivity contribution in [3.05, 3.63) is 65.8 Å². The minimum atomic E-state index is 0.229. The maximum atomic E-state index is 5.35. The fourth-order valence-corrected chi connectivity index (χ4v) is 3.96. The van der Waals surface area contributed by atoms with Gasteiger partial charge in [-0.05, 0) is 60.6 Å². The number of hydrogen-bond donors (Lipinski definition) is 1. The van der Waals surface area contributed by atoms with E-state index in [1.165, 1.54) is 22.3 Å². The van der Waals surface area contributed by atoms with Crippen molar-refractivity contribution in [2.24, 2.45) is 0 Å². The molecule has 0 bridgehead atoms. The summed E-state index contributed by atoms with van der Waals surface area (Å²) in [5.74, 6) is 1.42. The van der Waals surface area contributed by atoms with Crippen LogP contribution in [-0.4, -0.2) is 18.6 Å². The van der Waals surface area contributed by atoms with Gasteiger partial charge in [0.15, 0.2) is 0 Å². The van der Waals surface area contributed by atoms with E-state index in [1.54, 1.807) is 19.6 Å². The fraction of sp³-hybridized carbons (Fsp3) is 0.348. The van der Waals surface area contributed by atoms with Crippen molar-refractivity contribution in [2.45, 2.75) is 38.6 Å². The van der Waals surface area contributed by atoms with Crippen LogP contribution in [0.15, 0.2) is 53.4 Å². The summed E-state index contributed by atoms with van der Waals surface area (Å²) in [5.41, 5.74) is 7.20. The van der Waals surface area contributed by atoms with Gasteiger partial charge >= 0.3 is 0 Å². The monoisotopic (exact) mass is 362 g/mol. The van der Waals surface area contributed by atoms with Gasteiger partial charge < -0.3 is 14.5 Å². The van der Waals surface area contributed by atoms with Crippen LogP contribution in [0.1, 0.15) is 55.5 Å². The van der Waals surface area contributed by atoms with Crippen molar-refractivity contribution >= 4 is 5.57 Å². The molecule has 27 heavy (non-hydrogen) atoms. The Morgan fingerprint density at radius 2 is 2.22 bits per heavy atom. The van der Waals surface area contributed by atoms with Gasteiger partial charge in [-0.15, -0.1) is 0 Å². The lowest BCUT2D eigenvalue weighted by molar-refractivity contribution is 0.413. The quantitative estimate of drug-likeness (QED) is 0.636. The summed E-state index contributed by atoms with van der Waals surface area (Å²) in [7, 11) is 1.70. The third-order valence-electron chi connectivity index (χ3n) is 5.59. The second kappa shape index (κ2) is 7.57. The summed E-state index contributed by atoms with van der Waals surface area (Å²) in [6.07, 6.45) is 8.05. The Kier molecular flexibility index (Phi) is 4.99. The molecule has 0 aromatic heterocycles. The molecule has 4 heteroatoms. The number of aromatic nitrogens is 1. The summed E-state index contributed by atoms with van der Waals surface area (Å²) in [6.45, 7) is 5.23. The van der Waals surface area contributed by atoms with Crippen molar-refractivity contribution in [3.8, 4) is 17.0 Å². The zero-order chi connectivity index (χ0) is 18.8. The van der Waals surface area contributed by atoms with Crippen LogP contribution < -0.4 is 10.1 Å². The lowest BCUT2D eigenvalue weighted by atomic mass is 9.83. The number of ether oxygens (including phenoxy) is 1. The number of fused-ring (bicyclic) bond motifs is 3. The molecule has 1 aromatic carbocycles. The number of hydrogen-bond acceptors (Lipinski definition) is 4. The zero-order valence-corrected chi connectivity index (χ0v) is 16.2. The van der Waals surface area contributed by atoms with E-state index in [2.05, 4.69) is 43.4 Å². The molecule has 2 heterocycles. The van der Waals surface area contributed by atoms with E-state index in [9.17, 15) is 0 Å². The van der Waals surface area contributed by atoms with Crippen LogP contribution in [-0.2, 0) is 0 Å². The van der Waals surface area contributed by atoms with Crippen molar-refractivity contribution in [1.29, 1.82) is 0 Å². The number of rotatable bonds is 6. The molecule has 1 unspecified atom stereocenters. The minimum Gasteiger partial charge on any atom is -0.497 e. The van der Waals surface area contributed by atoms with Crippen molar-refractivity contribution in [3.63, 3.8) is 0 Å². The summed E-state index contributed by atoms with van der Waals surface area (Å²) < 4.78 is 10.7. The molecule has 140 valence electrons. The van der Waals surface area contributed by atoms with E-state index in [0.717, 1.165) is 36.5 Å². The highest BCUT2D eigenvalue weighted by Crippen LogP contribution is 2.43. The van der Waals surface area contributed by atoms with Crippen LogP contribution in [0.5, 0.6) is 5.75 Å². The first-order chi connectivity index (χ1) is 13.2. The number of nitrogens with one attached hydrogen (secondary N) is 1. The van der Waals surface area contributed by atoms with Gasteiger partial charge in [0.25, 0.3) is 0 Å². The van der Waals surface area contributed by atoms with E-state index in [-0.39, 0.29) is 6.04 Å². The molecular formula is C23H26N2O2. The van der Waals surface area contributed by atoms with Crippen LogP contribution in [0.4, 0.5) is 0 Å². The van der Waals surface area contributed by atoms with Crippen LogP contribution in [0.2, 0.25) is 0 Å². The van der Waals surface area contributed by atoms with Gasteiger partial charge in [0.2, 0.25) is 0 Å². The van der Waals surface area contributed by atoms with Gasteiger partial charge in [0, 0.05) is 18.2 Å². The molecule has 4 nitrogen and oxygen atoms in total. The number of methoxy groups -OCH3 is 1. The van der Waals surface area contributed by atoms with E-state index < -0.39 is 0 Å². The van der Waals surface area contributed by atoms with Gasteiger partial charge in [0.1, 0.15) is 17.7 Å². The smallest absolute Gasteiger partial charge is 0.119 e. The molecule has 0 fully saturated rings. The molecule has 3 aliphatic rings. The van der Waals surface area contributed by atoms with E-state index in [4.69, 9.17) is 14.1 Å². The second-order valence-electron chi connectivity index (χ2n) is 7.18. The Morgan fingerprint density at radius 1 is 1.33 bits per heavy atom. The Balaban J connectivity index is 1.57. The predicted molar refractivity (Wildman–Crippen MR) is 108 cm³/mol. The molecule has 0 spiro atoms. The zero-order valence-electron chi connectivity index (χ0n) is 16.2. The average Bonchev–Trinajstić information content (AvgIpc) is 3.12. The van der Waals surface area contributed by atoms with Gasteiger partial charge in [-0.1, -0.05) is 25.1 Å². The lowest BCUT2D eigenvalue weighted by Gasteiger charge is -2.23. The first kappa shape index (κ1) is 17.8. The SMILES string of the molecule is CCC1CC=C(CN[C@H](C)c2cccc(OC)c2)c2nc3coccc-3c21. The Morgan fingerprint density at radius 3 is 3.04 bits per heavy atom. The number of allylic oxidation sites excluding steroid dienone is 1. The molecule has 0 saturated carbocycles. The van der Waals surface area contributed by atoms with E-state index >= 15 is 0 Å². The molecule has 1 aromatic rings. The minimum absolute atomic E-state index is 0.229. The summed E-state index contributed by atoms with van der Waals surface area (Å²) >= 11 is 0. The first-order valence-electron chi connectivity index (χ1n) is 9.63. The van der Waals surface area contributed by atoms with Crippen LogP contribution in [0.3, 0.4) is 0 Å². The fourth-order valence-electron chi connectivity index (χ4n) is 3.96. The highest BCUT2D eigenvalue weighted by molar-refractivity contribution is 5.80. The first-order valence-corrected chi connectivity index (χ1v) is 9.63. The number of nitrogens with zero attached hydrogens (tertiary/aromatic N) is 1. The van der Waals surface area contributed by atoms with Crippen molar-refractivity contribution in [1.82, 2.24) is 10.3 Å². The lowest BCUT2D eigenvalue weighted by Crippen LogP contribution is -2.22. The van der Waals surface area contributed by atoms with Crippen molar-refractivity contribution < 1.29 is 9.15 Å². The van der Waals surface area contributed by atoms with E-state index in [1.807, 2.05) is 12.1 Å². The highest BCUT2D eigenvalue weighted by atomic mass is 16.5. The summed E-state index contributed by atoms with van der Waals surface area (Å²) in [6, 6.07) is 10.5. The normalized spacial score (nSPS) is 17.4. The maximum absolute atomic E-state index is 5.35.